The van der Waals surface area contributed by atoms with Crippen molar-refractivity contribution in [1.82, 2.24) is 24.1 Å². The number of benzene rings is 2. The summed E-state index contributed by atoms with van der Waals surface area (Å²) in [6, 6.07) is 16.5. The second-order valence-corrected chi connectivity index (χ2v) is 8.51. The van der Waals surface area contributed by atoms with Gasteiger partial charge < -0.3 is 16.0 Å². The van der Waals surface area contributed by atoms with Crippen LogP contribution < -0.4 is 16.7 Å². The summed E-state index contributed by atoms with van der Waals surface area (Å²) in [5.74, 6) is 0.168. The predicted molar refractivity (Wildman–Crippen MR) is 132 cm³/mol. The van der Waals surface area contributed by atoms with Gasteiger partial charge in [-0.3, -0.25) is 4.79 Å². The Hall–Kier alpha value is -3.98. The average Bonchev–Trinajstić information content (AvgIpc) is 3.21. The van der Waals surface area contributed by atoms with Crippen LogP contribution in [-0.4, -0.2) is 49.6 Å². The number of nitrogens with one attached hydrogen (secondary N) is 1. The molecule has 0 atom stereocenters. The van der Waals surface area contributed by atoms with Crippen molar-refractivity contribution >= 4 is 23.1 Å². The summed E-state index contributed by atoms with van der Waals surface area (Å²) < 4.78 is 2.71. The van der Waals surface area contributed by atoms with Crippen LogP contribution in [0.1, 0.15) is 25.7 Å². The SMILES string of the molecule is Nc1nc(-c2ccc(NC(=O)CCN3CCCCC3)cc2)cn2c(=O)n(-c3ccccc3)nc12. The van der Waals surface area contributed by atoms with E-state index in [9.17, 15) is 9.59 Å². The molecule has 1 fully saturated rings. The monoisotopic (exact) mass is 457 g/mol. The highest BCUT2D eigenvalue weighted by atomic mass is 16.2. The molecular formula is C25H27N7O2. The molecule has 9 heteroatoms. The normalized spacial score (nSPS) is 14.4. The number of nitrogens with zero attached hydrogens (tertiary/aromatic N) is 5. The van der Waals surface area contributed by atoms with E-state index in [-0.39, 0.29) is 17.4 Å². The van der Waals surface area contributed by atoms with Crippen molar-refractivity contribution in [3.05, 3.63) is 71.3 Å². The highest BCUT2D eigenvalue weighted by molar-refractivity contribution is 5.91. The number of hydrogen-bond acceptors (Lipinski definition) is 6. The lowest BCUT2D eigenvalue weighted by atomic mass is 10.1. The fraction of sp³-hybridized carbons (Fsp3) is 0.280. The maximum absolute atomic E-state index is 12.9. The van der Waals surface area contributed by atoms with E-state index in [0.717, 1.165) is 30.9 Å². The smallest absolute Gasteiger partial charge is 0.355 e. The first-order valence-corrected chi connectivity index (χ1v) is 11.5. The van der Waals surface area contributed by atoms with E-state index in [4.69, 9.17) is 5.73 Å². The molecule has 2 aromatic heterocycles. The minimum atomic E-state index is -0.325. The van der Waals surface area contributed by atoms with E-state index in [1.807, 2.05) is 42.5 Å². The van der Waals surface area contributed by atoms with Gasteiger partial charge in [-0.15, -0.1) is 5.10 Å². The molecule has 1 aliphatic rings. The van der Waals surface area contributed by atoms with Gasteiger partial charge in [-0.05, 0) is 50.2 Å². The number of fused-ring (bicyclic) bond motifs is 1. The number of amides is 1. The van der Waals surface area contributed by atoms with Gasteiger partial charge in [0.2, 0.25) is 11.6 Å². The molecule has 3 heterocycles. The standard InChI is InChI=1S/C25H27N7O2/c26-23-24-29-32(20-7-3-1-4-8-20)25(34)31(24)17-21(28-23)18-9-11-19(12-10-18)27-22(33)13-16-30-14-5-2-6-15-30/h1,3-4,7-12,17H,2,5-6,13-16H2,(H2,26,28)(H,27,33). The lowest BCUT2D eigenvalue weighted by Gasteiger charge is -2.25. The summed E-state index contributed by atoms with van der Waals surface area (Å²) in [5, 5.41) is 7.30. The minimum absolute atomic E-state index is 0.00184. The molecular weight excluding hydrogens is 430 g/mol. The molecule has 2 aromatic carbocycles. The number of aromatic nitrogens is 4. The summed E-state index contributed by atoms with van der Waals surface area (Å²) in [6.07, 6.45) is 5.82. The van der Waals surface area contributed by atoms with Crippen LogP contribution in [0.5, 0.6) is 0 Å². The van der Waals surface area contributed by atoms with E-state index >= 15 is 0 Å². The summed E-state index contributed by atoms with van der Waals surface area (Å²) in [4.78, 5) is 32.1. The van der Waals surface area contributed by atoms with Crippen LogP contribution >= 0.6 is 0 Å². The van der Waals surface area contributed by atoms with Crippen molar-refractivity contribution in [1.29, 1.82) is 0 Å². The van der Waals surface area contributed by atoms with Crippen LogP contribution in [0.15, 0.2) is 65.6 Å². The molecule has 4 aromatic rings. The van der Waals surface area contributed by atoms with Crippen LogP contribution in [0.2, 0.25) is 0 Å². The van der Waals surface area contributed by atoms with Gasteiger partial charge in [0, 0.05) is 30.4 Å². The third-order valence-corrected chi connectivity index (χ3v) is 6.10. The number of rotatable bonds is 6. The molecule has 1 aliphatic heterocycles. The van der Waals surface area contributed by atoms with E-state index in [0.29, 0.717) is 23.4 Å². The number of carbonyl (C=O) groups is 1. The molecule has 3 N–H and O–H groups in total. The van der Waals surface area contributed by atoms with Gasteiger partial charge in [0.25, 0.3) is 0 Å². The molecule has 9 nitrogen and oxygen atoms in total. The maximum atomic E-state index is 12.9. The summed E-state index contributed by atoms with van der Waals surface area (Å²) >= 11 is 0. The van der Waals surface area contributed by atoms with Crippen LogP contribution in [0, 0.1) is 0 Å². The quantitative estimate of drug-likeness (QED) is 0.461. The first-order valence-electron chi connectivity index (χ1n) is 11.5. The minimum Gasteiger partial charge on any atom is -0.381 e. The lowest BCUT2D eigenvalue weighted by Crippen LogP contribution is -2.32. The van der Waals surface area contributed by atoms with Gasteiger partial charge in [-0.1, -0.05) is 36.8 Å². The molecule has 0 spiro atoms. The van der Waals surface area contributed by atoms with Gasteiger partial charge in [-0.25, -0.2) is 14.2 Å². The number of nitrogen functional groups attached to an aromatic ring is 1. The zero-order chi connectivity index (χ0) is 23.5. The first kappa shape index (κ1) is 21.8. The molecule has 0 radical (unpaired) electrons. The Kier molecular flexibility index (Phi) is 6.09. The second-order valence-electron chi connectivity index (χ2n) is 8.51. The topological polar surface area (TPSA) is 111 Å². The Labute approximate surface area is 196 Å². The first-order chi connectivity index (χ1) is 16.6. The number of hydrogen-bond donors (Lipinski definition) is 2. The van der Waals surface area contributed by atoms with Gasteiger partial charge in [-0.2, -0.15) is 4.68 Å². The van der Waals surface area contributed by atoms with E-state index < -0.39 is 0 Å². The number of carbonyl (C=O) groups excluding carboxylic acids is 1. The van der Waals surface area contributed by atoms with Crippen molar-refractivity contribution in [2.24, 2.45) is 0 Å². The van der Waals surface area contributed by atoms with Gasteiger partial charge in [0.1, 0.15) is 0 Å². The van der Waals surface area contributed by atoms with E-state index in [1.54, 1.807) is 18.3 Å². The van der Waals surface area contributed by atoms with Crippen molar-refractivity contribution in [3.63, 3.8) is 0 Å². The largest absolute Gasteiger partial charge is 0.381 e. The molecule has 34 heavy (non-hydrogen) atoms. The number of likely N-dealkylation sites (tertiary alicyclic amines) is 1. The fourth-order valence-electron chi connectivity index (χ4n) is 4.27. The van der Waals surface area contributed by atoms with Crippen LogP contribution in [0.25, 0.3) is 22.6 Å². The highest BCUT2D eigenvalue weighted by Crippen LogP contribution is 2.22. The third kappa shape index (κ3) is 4.55. The summed E-state index contributed by atoms with van der Waals surface area (Å²) in [7, 11) is 0. The highest BCUT2D eigenvalue weighted by Gasteiger charge is 2.15. The second kappa shape index (κ2) is 9.48. The number of nitrogens with two attached hydrogens (primary N) is 1. The van der Waals surface area contributed by atoms with Crippen molar-refractivity contribution < 1.29 is 4.79 Å². The zero-order valence-corrected chi connectivity index (χ0v) is 18.9. The number of anilines is 2. The Morgan fingerprint density at radius 3 is 2.47 bits per heavy atom. The maximum Gasteiger partial charge on any atom is 0.355 e. The molecule has 0 aliphatic carbocycles. The number of piperidine rings is 1. The molecule has 0 saturated carbocycles. The Balaban J connectivity index is 1.32. The van der Waals surface area contributed by atoms with Gasteiger partial charge >= 0.3 is 5.69 Å². The fourth-order valence-corrected chi connectivity index (χ4v) is 4.27. The Morgan fingerprint density at radius 2 is 1.74 bits per heavy atom. The van der Waals surface area contributed by atoms with Crippen LogP contribution in [0.4, 0.5) is 11.5 Å². The third-order valence-electron chi connectivity index (χ3n) is 6.10. The molecule has 5 rings (SSSR count). The van der Waals surface area contributed by atoms with Crippen molar-refractivity contribution in [2.45, 2.75) is 25.7 Å². The molecule has 174 valence electrons. The zero-order valence-electron chi connectivity index (χ0n) is 18.9. The van der Waals surface area contributed by atoms with E-state index in [1.165, 1.54) is 28.3 Å². The average molecular weight is 458 g/mol. The molecule has 1 saturated heterocycles. The molecule has 0 bridgehead atoms. The van der Waals surface area contributed by atoms with Gasteiger partial charge in [0.15, 0.2) is 5.82 Å². The van der Waals surface area contributed by atoms with Crippen LogP contribution in [-0.2, 0) is 4.79 Å². The summed E-state index contributed by atoms with van der Waals surface area (Å²) in [5.41, 5.74) is 8.80. The van der Waals surface area contributed by atoms with Crippen molar-refractivity contribution in [3.8, 4) is 16.9 Å². The van der Waals surface area contributed by atoms with Crippen molar-refractivity contribution in [2.75, 3.05) is 30.7 Å². The van der Waals surface area contributed by atoms with E-state index in [2.05, 4.69) is 20.3 Å². The lowest BCUT2D eigenvalue weighted by molar-refractivity contribution is -0.116. The summed E-state index contributed by atoms with van der Waals surface area (Å²) in [6.45, 7) is 2.95. The van der Waals surface area contributed by atoms with Gasteiger partial charge in [0.05, 0.1) is 11.4 Å². The Morgan fingerprint density at radius 1 is 1.00 bits per heavy atom. The molecule has 1 amide bonds. The Bertz CT molecular complexity index is 1350. The number of para-hydroxylation sites is 1. The predicted octanol–water partition coefficient (Wildman–Crippen LogP) is 2.94. The van der Waals surface area contributed by atoms with Crippen LogP contribution in [0.3, 0.4) is 0 Å². The molecule has 0 unspecified atom stereocenters.